The first-order chi connectivity index (χ1) is 14.5. The van der Waals surface area contributed by atoms with Gasteiger partial charge in [0.2, 0.25) is 5.91 Å². The van der Waals surface area contributed by atoms with Crippen LogP contribution < -0.4 is 15.4 Å². The number of amides is 2. The molecule has 0 aliphatic rings. The van der Waals surface area contributed by atoms with Gasteiger partial charge in [-0.2, -0.15) is 5.10 Å². The number of para-hydroxylation sites is 1. The molecule has 0 saturated heterocycles. The minimum Gasteiger partial charge on any atom is -0.493 e. The van der Waals surface area contributed by atoms with E-state index >= 15 is 0 Å². The lowest BCUT2D eigenvalue weighted by molar-refractivity contribution is -0.119. The number of rotatable bonds is 6. The molecule has 30 heavy (non-hydrogen) atoms. The Morgan fingerprint density at radius 3 is 2.50 bits per heavy atom. The third kappa shape index (κ3) is 3.86. The van der Waals surface area contributed by atoms with Gasteiger partial charge in [-0.15, -0.1) is 0 Å². The molecule has 1 unspecified atom stereocenters. The maximum Gasteiger partial charge on any atom is 0.291 e. The summed E-state index contributed by atoms with van der Waals surface area (Å²) in [7, 11) is 1.55. The number of methoxy groups -OCH3 is 1. The van der Waals surface area contributed by atoms with E-state index in [0.29, 0.717) is 22.7 Å². The predicted molar refractivity (Wildman–Crippen MR) is 111 cm³/mol. The highest BCUT2D eigenvalue weighted by Crippen LogP contribution is 2.29. The van der Waals surface area contributed by atoms with Gasteiger partial charge >= 0.3 is 0 Å². The summed E-state index contributed by atoms with van der Waals surface area (Å²) >= 11 is 0. The third-order valence-corrected chi connectivity index (χ3v) is 4.57. The smallest absolute Gasteiger partial charge is 0.291 e. The van der Waals surface area contributed by atoms with Crippen molar-refractivity contribution >= 4 is 34.2 Å². The number of nitrogens with zero attached hydrogens (tertiary/aromatic N) is 3. The van der Waals surface area contributed by atoms with Gasteiger partial charge in [0.15, 0.2) is 17.1 Å². The topological polar surface area (TPSA) is 111 Å². The van der Waals surface area contributed by atoms with Gasteiger partial charge in [0.25, 0.3) is 5.91 Å². The summed E-state index contributed by atoms with van der Waals surface area (Å²) in [6, 6.07) is 13.4. The fourth-order valence-corrected chi connectivity index (χ4v) is 2.92. The highest BCUT2D eigenvalue weighted by atomic mass is 16.5. The average molecular weight is 405 g/mol. The van der Waals surface area contributed by atoms with Crippen LogP contribution in [0.3, 0.4) is 0 Å². The van der Waals surface area contributed by atoms with Gasteiger partial charge < -0.3 is 19.8 Å². The maximum absolute atomic E-state index is 12.5. The highest BCUT2D eigenvalue weighted by Gasteiger charge is 2.17. The number of anilines is 2. The van der Waals surface area contributed by atoms with E-state index in [4.69, 9.17) is 9.15 Å². The van der Waals surface area contributed by atoms with Gasteiger partial charge in [-0.1, -0.05) is 12.1 Å². The van der Waals surface area contributed by atoms with Crippen molar-refractivity contribution < 1.29 is 18.7 Å². The Balaban J connectivity index is 1.42. The van der Waals surface area contributed by atoms with Crippen LogP contribution in [-0.2, 0) is 4.79 Å². The van der Waals surface area contributed by atoms with Crippen molar-refractivity contribution in [1.29, 1.82) is 0 Å². The quantitative estimate of drug-likeness (QED) is 0.508. The largest absolute Gasteiger partial charge is 0.493 e. The molecule has 2 heterocycles. The second-order valence-corrected chi connectivity index (χ2v) is 6.56. The number of nitrogens with one attached hydrogen (secondary N) is 2. The number of carbonyl (C=O) groups is 2. The van der Waals surface area contributed by atoms with Gasteiger partial charge in [0, 0.05) is 16.8 Å². The average Bonchev–Trinajstić information content (AvgIpc) is 3.44. The predicted octanol–water partition coefficient (Wildman–Crippen LogP) is 3.48. The zero-order valence-electron chi connectivity index (χ0n) is 16.3. The summed E-state index contributed by atoms with van der Waals surface area (Å²) in [6.45, 7) is 1.72. The maximum atomic E-state index is 12.5. The Hall–Kier alpha value is -4.14. The third-order valence-electron chi connectivity index (χ3n) is 4.57. The molecule has 0 aliphatic carbocycles. The van der Waals surface area contributed by atoms with E-state index < -0.39 is 6.04 Å². The number of benzene rings is 2. The van der Waals surface area contributed by atoms with Crippen LogP contribution in [-0.4, -0.2) is 33.7 Å². The monoisotopic (exact) mass is 405 g/mol. The van der Waals surface area contributed by atoms with E-state index in [1.807, 2.05) is 12.1 Å². The van der Waals surface area contributed by atoms with Crippen molar-refractivity contribution in [2.24, 2.45) is 0 Å². The van der Waals surface area contributed by atoms with Crippen molar-refractivity contribution in [3.8, 4) is 5.75 Å². The van der Waals surface area contributed by atoms with Crippen molar-refractivity contribution in [3.63, 3.8) is 0 Å². The zero-order valence-corrected chi connectivity index (χ0v) is 16.3. The lowest BCUT2D eigenvalue weighted by Gasteiger charge is -2.12. The molecule has 152 valence electrons. The number of aromatic nitrogens is 3. The SMILES string of the molecule is COc1cccc2cc(C(=O)Nc3ccc(NC(=O)C(C)n4cncn4)cc3)oc12. The molecule has 0 radical (unpaired) electrons. The Kier molecular flexibility index (Phi) is 5.17. The van der Waals surface area contributed by atoms with E-state index in [9.17, 15) is 9.59 Å². The normalized spacial score (nSPS) is 11.8. The first kappa shape index (κ1) is 19.2. The number of ether oxygens (including phenoxy) is 1. The van der Waals surface area contributed by atoms with E-state index in [1.54, 1.807) is 50.4 Å². The second kappa shape index (κ2) is 8.08. The van der Waals surface area contributed by atoms with E-state index in [2.05, 4.69) is 20.7 Å². The summed E-state index contributed by atoms with van der Waals surface area (Å²) < 4.78 is 12.4. The van der Waals surface area contributed by atoms with E-state index in [-0.39, 0.29) is 17.6 Å². The lowest BCUT2D eigenvalue weighted by Crippen LogP contribution is -2.24. The summed E-state index contributed by atoms with van der Waals surface area (Å²) in [5, 5.41) is 10.3. The van der Waals surface area contributed by atoms with Crippen LogP contribution in [0.2, 0.25) is 0 Å². The second-order valence-electron chi connectivity index (χ2n) is 6.56. The van der Waals surface area contributed by atoms with Crippen molar-refractivity contribution in [3.05, 3.63) is 66.9 Å². The Labute approximate surface area is 171 Å². The van der Waals surface area contributed by atoms with Crippen LogP contribution in [0.1, 0.15) is 23.5 Å². The lowest BCUT2D eigenvalue weighted by atomic mass is 10.2. The fraction of sp³-hybridized carbons (Fsp3) is 0.143. The molecule has 0 fully saturated rings. The molecule has 0 saturated carbocycles. The van der Waals surface area contributed by atoms with Crippen molar-refractivity contribution in [1.82, 2.24) is 14.8 Å². The molecule has 4 aromatic rings. The molecule has 0 bridgehead atoms. The molecule has 0 aliphatic heterocycles. The highest BCUT2D eigenvalue weighted by molar-refractivity contribution is 6.05. The van der Waals surface area contributed by atoms with Gasteiger partial charge in [-0.05, 0) is 43.3 Å². The number of furan rings is 1. The van der Waals surface area contributed by atoms with Crippen molar-refractivity contribution in [2.75, 3.05) is 17.7 Å². The molecular weight excluding hydrogens is 386 g/mol. The van der Waals surface area contributed by atoms with Crippen LogP contribution in [0.4, 0.5) is 11.4 Å². The van der Waals surface area contributed by atoms with E-state index in [0.717, 1.165) is 5.39 Å². The minimum atomic E-state index is -0.503. The Morgan fingerprint density at radius 1 is 1.10 bits per heavy atom. The Morgan fingerprint density at radius 2 is 1.83 bits per heavy atom. The van der Waals surface area contributed by atoms with Crippen LogP contribution in [0.5, 0.6) is 5.75 Å². The van der Waals surface area contributed by atoms with Gasteiger partial charge in [0.1, 0.15) is 18.7 Å². The van der Waals surface area contributed by atoms with E-state index in [1.165, 1.54) is 17.3 Å². The fourth-order valence-electron chi connectivity index (χ4n) is 2.92. The first-order valence-electron chi connectivity index (χ1n) is 9.18. The molecular formula is C21H19N5O4. The molecule has 9 nitrogen and oxygen atoms in total. The van der Waals surface area contributed by atoms with Gasteiger partial charge in [-0.3, -0.25) is 9.59 Å². The van der Waals surface area contributed by atoms with Gasteiger partial charge in [0.05, 0.1) is 7.11 Å². The number of hydrogen-bond donors (Lipinski definition) is 2. The number of carbonyl (C=O) groups excluding carboxylic acids is 2. The van der Waals surface area contributed by atoms with Crippen LogP contribution >= 0.6 is 0 Å². The number of hydrogen-bond acceptors (Lipinski definition) is 6. The zero-order chi connectivity index (χ0) is 21.1. The molecule has 2 aromatic carbocycles. The summed E-state index contributed by atoms with van der Waals surface area (Å²) in [4.78, 5) is 28.7. The van der Waals surface area contributed by atoms with Crippen molar-refractivity contribution in [2.45, 2.75) is 13.0 Å². The summed E-state index contributed by atoms with van der Waals surface area (Å²) in [5.41, 5.74) is 1.68. The van der Waals surface area contributed by atoms with Crippen LogP contribution in [0.15, 0.2) is 65.6 Å². The molecule has 2 aromatic heterocycles. The standard InChI is InChI=1S/C21H19N5O4/c1-13(26-12-22-11-23-26)20(27)24-15-6-8-16(9-7-15)25-21(28)18-10-14-4-3-5-17(29-2)19(14)30-18/h3-13H,1-2H3,(H,24,27)(H,25,28). The van der Waals surface area contributed by atoms with Crippen LogP contribution in [0, 0.1) is 0 Å². The molecule has 2 N–H and O–H groups in total. The Bertz CT molecular complexity index is 1180. The van der Waals surface area contributed by atoms with Gasteiger partial charge in [-0.25, -0.2) is 9.67 Å². The molecule has 1 atom stereocenters. The minimum absolute atomic E-state index is 0.175. The van der Waals surface area contributed by atoms with Crippen LogP contribution in [0.25, 0.3) is 11.0 Å². The molecule has 9 heteroatoms. The number of fused-ring (bicyclic) bond motifs is 1. The molecule has 4 rings (SSSR count). The summed E-state index contributed by atoms with van der Waals surface area (Å²) in [5.74, 6) is 0.124. The molecule has 0 spiro atoms. The summed E-state index contributed by atoms with van der Waals surface area (Å²) in [6.07, 6.45) is 2.86. The molecule has 2 amide bonds. The first-order valence-corrected chi connectivity index (χ1v) is 9.18.